The van der Waals surface area contributed by atoms with E-state index in [9.17, 15) is 22.0 Å². The van der Waals surface area contributed by atoms with Crippen molar-refractivity contribution in [1.82, 2.24) is 0 Å². The van der Waals surface area contributed by atoms with E-state index >= 15 is 0 Å². The number of amides is 1. The number of nitrogens with one attached hydrogen (secondary N) is 2. The molecule has 0 unspecified atom stereocenters. The van der Waals surface area contributed by atoms with Crippen molar-refractivity contribution >= 4 is 27.3 Å². The third-order valence-corrected chi connectivity index (χ3v) is 6.15. The normalized spacial score (nSPS) is 11.2. The molecule has 7 nitrogen and oxygen atoms in total. The number of halogens is 2. The van der Waals surface area contributed by atoms with E-state index in [1.165, 1.54) is 43.5 Å². The number of methoxy groups -OCH3 is 1. The Morgan fingerprint density at radius 1 is 0.939 bits per heavy atom. The molecule has 1 amide bonds. The maximum Gasteiger partial charge on any atom is 0.387 e. The number of para-hydroxylation sites is 1. The quantitative estimate of drug-likeness (QED) is 0.479. The van der Waals surface area contributed by atoms with E-state index in [1.54, 1.807) is 26.0 Å². The lowest BCUT2D eigenvalue weighted by atomic mass is 10.1. The van der Waals surface area contributed by atoms with Crippen LogP contribution in [0.4, 0.5) is 20.2 Å². The van der Waals surface area contributed by atoms with Crippen LogP contribution in [-0.2, 0) is 10.0 Å². The summed E-state index contributed by atoms with van der Waals surface area (Å²) in [5.41, 5.74) is 2.46. The topological polar surface area (TPSA) is 93.7 Å². The molecule has 0 bridgehead atoms. The highest BCUT2D eigenvalue weighted by molar-refractivity contribution is 7.92. The first-order chi connectivity index (χ1) is 15.6. The zero-order valence-electron chi connectivity index (χ0n) is 18.1. The first-order valence-corrected chi connectivity index (χ1v) is 11.2. The summed E-state index contributed by atoms with van der Waals surface area (Å²) in [6.45, 7) is 0.532. The second-order valence-electron chi connectivity index (χ2n) is 7.09. The summed E-state index contributed by atoms with van der Waals surface area (Å²) >= 11 is 0. The highest BCUT2D eigenvalue weighted by Gasteiger charge is 2.18. The van der Waals surface area contributed by atoms with Gasteiger partial charge in [0.05, 0.1) is 17.7 Å². The van der Waals surface area contributed by atoms with Crippen molar-refractivity contribution in [2.45, 2.75) is 25.4 Å². The van der Waals surface area contributed by atoms with Crippen LogP contribution in [0.2, 0.25) is 0 Å². The van der Waals surface area contributed by atoms with Gasteiger partial charge >= 0.3 is 6.61 Å². The smallest absolute Gasteiger partial charge is 0.387 e. The lowest BCUT2D eigenvalue weighted by molar-refractivity contribution is -0.0512. The summed E-state index contributed by atoms with van der Waals surface area (Å²) < 4.78 is 62.6. The van der Waals surface area contributed by atoms with Gasteiger partial charge in [-0.1, -0.05) is 18.2 Å². The van der Waals surface area contributed by atoms with Crippen LogP contribution in [0.5, 0.6) is 11.5 Å². The lowest BCUT2D eigenvalue weighted by Crippen LogP contribution is -2.15. The van der Waals surface area contributed by atoms with E-state index in [0.717, 1.165) is 17.2 Å². The number of ether oxygens (including phenoxy) is 2. The van der Waals surface area contributed by atoms with Crippen LogP contribution in [-0.4, -0.2) is 28.0 Å². The summed E-state index contributed by atoms with van der Waals surface area (Å²) in [5, 5.41) is 2.58. The van der Waals surface area contributed by atoms with E-state index in [4.69, 9.17) is 4.74 Å². The van der Waals surface area contributed by atoms with Crippen LogP contribution in [0.15, 0.2) is 65.6 Å². The first-order valence-electron chi connectivity index (χ1n) is 9.74. The Kier molecular flexibility index (Phi) is 7.17. The van der Waals surface area contributed by atoms with Gasteiger partial charge < -0.3 is 14.8 Å². The van der Waals surface area contributed by atoms with Gasteiger partial charge in [-0.05, 0) is 67.4 Å². The Labute approximate surface area is 190 Å². The molecule has 0 fully saturated rings. The van der Waals surface area contributed by atoms with Crippen LogP contribution in [0.3, 0.4) is 0 Å². The molecule has 0 radical (unpaired) electrons. The molecule has 33 heavy (non-hydrogen) atoms. The fourth-order valence-corrected chi connectivity index (χ4v) is 4.30. The molecule has 0 heterocycles. The number of alkyl halides is 2. The third kappa shape index (κ3) is 5.78. The minimum absolute atomic E-state index is 0.0141. The summed E-state index contributed by atoms with van der Waals surface area (Å²) in [6.07, 6.45) is 0. The highest BCUT2D eigenvalue weighted by atomic mass is 32.2. The van der Waals surface area contributed by atoms with Crippen LogP contribution in [0.1, 0.15) is 21.5 Å². The minimum Gasteiger partial charge on any atom is -0.493 e. The number of aryl methyl sites for hydroxylation is 2. The molecular formula is C23H22F2N2O5S. The molecule has 0 atom stereocenters. The molecule has 10 heteroatoms. The molecule has 3 aromatic carbocycles. The van der Waals surface area contributed by atoms with Gasteiger partial charge in [0.2, 0.25) is 0 Å². The average molecular weight is 477 g/mol. The minimum atomic E-state index is -3.84. The average Bonchev–Trinajstić information content (AvgIpc) is 2.76. The van der Waals surface area contributed by atoms with Crippen molar-refractivity contribution in [3.05, 3.63) is 77.4 Å². The Bertz CT molecular complexity index is 1240. The number of hydrogen-bond donors (Lipinski definition) is 2. The molecule has 3 aromatic rings. The number of carbonyl (C=O) groups is 1. The summed E-state index contributed by atoms with van der Waals surface area (Å²) in [5.74, 6) is -0.821. The predicted molar refractivity (Wildman–Crippen MR) is 121 cm³/mol. The number of anilines is 2. The third-order valence-electron chi connectivity index (χ3n) is 4.78. The second kappa shape index (κ2) is 9.86. The van der Waals surface area contributed by atoms with E-state index in [2.05, 4.69) is 14.8 Å². The Hall–Kier alpha value is -3.66. The highest BCUT2D eigenvalue weighted by Crippen LogP contribution is 2.30. The predicted octanol–water partition coefficient (Wildman–Crippen LogP) is 4.97. The van der Waals surface area contributed by atoms with Gasteiger partial charge in [0.15, 0.2) is 11.5 Å². The molecule has 3 rings (SSSR count). The SMILES string of the molecule is COc1ccc(C(=O)Nc2ccc(S(=O)(=O)Nc3c(C)cccc3C)cc2)cc1OC(F)F. The fourth-order valence-electron chi connectivity index (χ4n) is 3.10. The molecule has 0 aromatic heterocycles. The first kappa shape index (κ1) is 24.0. The zero-order valence-corrected chi connectivity index (χ0v) is 18.9. The molecule has 0 aliphatic carbocycles. The van der Waals surface area contributed by atoms with Gasteiger partial charge in [0.25, 0.3) is 15.9 Å². The largest absolute Gasteiger partial charge is 0.493 e. The Morgan fingerprint density at radius 3 is 2.15 bits per heavy atom. The van der Waals surface area contributed by atoms with Crippen molar-refractivity contribution in [2.24, 2.45) is 0 Å². The number of benzene rings is 3. The Morgan fingerprint density at radius 2 is 1.58 bits per heavy atom. The van der Waals surface area contributed by atoms with Crippen molar-refractivity contribution < 1.29 is 31.5 Å². The van der Waals surface area contributed by atoms with Crippen molar-refractivity contribution in [1.29, 1.82) is 0 Å². The molecule has 2 N–H and O–H groups in total. The molecule has 0 aliphatic rings. The van der Waals surface area contributed by atoms with E-state index in [1.807, 2.05) is 6.07 Å². The number of sulfonamides is 1. The number of rotatable bonds is 8. The Balaban J connectivity index is 1.76. The van der Waals surface area contributed by atoms with Crippen molar-refractivity contribution in [2.75, 3.05) is 17.1 Å². The molecule has 0 spiro atoms. The van der Waals surface area contributed by atoms with Crippen molar-refractivity contribution in [3.63, 3.8) is 0 Å². The summed E-state index contributed by atoms with van der Waals surface area (Å²) in [4.78, 5) is 12.5. The van der Waals surface area contributed by atoms with Crippen LogP contribution in [0, 0.1) is 13.8 Å². The molecule has 0 saturated carbocycles. The molecular weight excluding hydrogens is 454 g/mol. The summed E-state index contributed by atoms with van der Waals surface area (Å²) in [7, 11) is -2.55. The molecule has 174 valence electrons. The van der Waals surface area contributed by atoms with Crippen LogP contribution in [0.25, 0.3) is 0 Å². The van der Waals surface area contributed by atoms with Crippen LogP contribution >= 0.6 is 0 Å². The van der Waals surface area contributed by atoms with Crippen molar-refractivity contribution in [3.8, 4) is 11.5 Å². The zero-order chi connectivity index (χ0) is 24.2. The van der Waals surface area contributed by atoms with E-state index in [0.29, 0.717) is 11.4 Å². The van der Waals surface area contributed by atoms with E-state index < -0.39 is 22.5 Å². The second-order valence-corrected chi connectivity index (χ2v) is 8.78. The van der Waals surface area contributed by atoms with Gasteiger partial charge in [-0.3, -0.25) is 9.52 Å². The monoisotopic (exact) mass is 476 g/mol. The van der Waals surface area contributed by atoms with Crippen LogP contribution < -0.4 is 19.5 Å². The summed E-state index contributed by atoms with van der Waals surface area (Å²) in [6, 6.07) is 14.9. The van der Waals surface area contributed by atoms with Gasteiger partial charge in [-0.25, -0.2) is 8.42 Å². The van der Waals surface area contributed by atoms with E-state index in [-0.39, 0.29) is 22.0 Å². The van der Waals surface area contributed by atoms with Gasteiger partial charge in [-0.2, -0.15) is 8.78 Å². The standard InChI is InChI=1S/C23H22F2N2O5S/c1-14-5-4-6-15(2)21(14)27-33(29,30)18-10-8-17(9-11-18)26-22(28)16-7-12-19(31-3)20(13-16)32-23(24)25/h4-13,23,27H,1-3H3,(H,26,28). The fraction of sp³-hybridized carbons (Fsp3) is 0.174. The molecule has 0 saturated heterocycles. The van der Waals surface area contributed by atoms with Gasteiger partial charge in [-0.15, -0.1) is 0 Å². The maximum atomic E-state index is 12.8. The number of carbonyl (C=O) groups excluding carboxylic acids is 1. The number of hydrogen-bond acceptors (Lipinski definition) is 5. The lowest BCUT2D eigenvalue weighted by Gasteiger charge is -2.14. The van der Waals surface area contributed by atoms with Gasteiger partial charge in [0, 0.05) is 11.3 Å². The maximum absolute atomic E-state index is 12.8. The molecule has 0 aliphatic heterocycles. The van der Waals surface area contributed by atoms with Gasteiger partial charge in [0.1, 0.15) is 0 Å².